The van der Waals surface area contributed by atoms with Crippen LogP contribution in [-0.2, 0) is 4.79 Å². The molecule has 0 aliphatic heterocycles. The first-order valence-electron chi connectivity index (χ1n) is 7.13. The van der Waals surface area contributed by atoms with Gasteiger partial charge in [-0.05, 0) is 44.4 Å². The molecule has 0 aliphatic rings. The molecular formula is C16H27ClN2O2. The van der Waals surface area contributed by atoms with Crippen LogP contribution in [0.4, 0.5) is 0 Å². The highest BCUT2D eigenvalue weighted by atomic mass is 35.5. The highest BCUT2D eigenvalue weighted by Gasteiger charge is 2.19. The Balaban J connectivity index is 0.00000400. The van der Waals surface area contributed by atoms with Crippen LogP contribution in [0.15, 0.2) is 24.3 Å². The summed E-state index contributed by atoms with van der Waals surface area (Å²) in [6.07, 6.45) is 0.155. The number of ether oxygens (including phenoxy) is 1. The van der Waals surface area contributed by atoms with Gasteiger partial charge in [-0.2, -0.15) is 0 Å². The second-order valence-corrected chi connectivity index (χ2v) is 5.74. The lowest BCUT2D eigenvalue weighted by atomic mass is 10.0. The van der Waals surface area contributed by atoms with Gasteiger partial charge in [0.1, 0.15) is 5.75 Å². The number of halogens is 1. The van der Waals surface area contributed by atoms with Gasteiger partial charge in [-0.25, -0.2) is 0 Å². The maximum Gasteiger partial charge on any atom is 0.237 e. The van der Waals surface area contributed by atoms with E-state index in [1.807, 2.05) is 58.9 Å². The predicted octanol–water partition coefficient (Wildman–Crippen LogP) is 3.06. The Morgan fingerprint density at radius 2 is 1.62 bits per heavy atom. The van der Waals surface area contributed by atoms with Crippen LogP contribution in [0.2, 0.25) is 0 Å². The zero-order valence-corrected chi connectivity index (χ0v) is 14.2. The van der Waals surface area contributed by atoms with Crippen molar-refractivity contribution in [2.24, 2.45) is 11.7 Å². The normalized spacial score (nSPS) is 13.5. The summed E-state index contributed by atoms with van der Waals surface area (Å²) in [4.78, 5) is 11.9. The first-order chi connectivity index (χ1) is 9.31. The Morgan fingerprint density at radius 3 is 2.05 bits per heavy atom. The Morgan fingerprint density at radius 1 is 1.10 bits per heavy atom. The van der Waals surface area contributed by atoms with E-state index in [4.69, 9.17) is 10.5 Å². The Hall–Kier alpha value is -1.26. The molecule has 0 radical (unpaired) electrons. The molecule has 1 rings (SSSR count). The molecule has 1 unspecified atom stereocenters. The number of hydrogen-bond donors (Lipinski definition) is 2. The number of benzene rings is 1. The van der Waals surface area contributed by atoms with Crippen LogP contribution < -0.4 is 15.8 Å². The van der Waals surface area contributed by atoms with Gasteiger partial charge in [0.05, 0.1) is 18.2 Å². The maximum atomic E-state index is 11.9. The first-order valence-corrected chi connectivity index (χ1v) is 7.13. The van der Waals surface area contributed by atoms with E-state index < -0.39 is 6.04 Å². The fourth-order valence-corrected chi connectivity index (χ4v) is 1.80. The van der Waals surface area contributed by atoms with Gasteiger partial charge in [0.2, 0.25) is 5.91 Å². The zero-order valence-electron chi connectivity index (χ0n) is 13.4. The van der Waals surface area contributed by atoms with Crippen LogP contribution in [0, 0.1) is 5.92 Å². The van der Waals surface area contributed by atoms with Crippen LogP contribution in [0.25, 0.3) is 0 Å². The standard InChI is InChI=1S/C16H26N2O2.ClH/c1-10(2)15(17)16(19)18-12(5)13-6-8-14(9-7-13)20-11(3)4;/h6-12,15H,17H2,1-5H3,(H,18,19);1H/t12?,15-;/m1./s1. The lowest BCUT2D eigenvalue weighted by molar-refractivity contribution is -0.123. The summed E-state index contributed by atoms with van der Waals surface area (Å²) >= 11 is 0. The second kappa shape index (κ2) is 8.90. The Bertz CT molecular complexity index is 432. The molecule has 0 bridgehead atoms. The van der Waals surface area contributed by atoms with E-state index in [2.05, 4.69) is 5.32 Å². The van der Waals surface area contributed by atoms with Crippen LogP contribution in [0.3, 0.4) is 0 Å². The molecule has 5 heteroatoms. The molecule has 120 valence electrons. The van der Waals surface area contributed by atoms with Gasteiger partial charge in [0.25, 0.3) is 0 Å². The maximum absolute atomic E-state index is 11.9. The van der Waals surface area contributed by atoms with Crippen molar-refractivity contribution in [1.82, 2.24) is 5.32 Å². The lowest BCUT2D eigenvalue weighted by Gasteiger charge is -2.20. The molecule has 0 heterocycles. The summed E-state index contributed by atoms with van der Waals surface area (Å²) in [6.45, 7) is 9.80. The molecule has 1 amide bonds. The van der Waals surface area contributed by atoms with E-state index in [1.165, 1.54) is 0 Å². The van der Waals surface area contributed by atoms with Crippen molar-refractivity contribution in [2.45, 2.75) is 52.8 Å². The molecule has 0 spiro atoms. The van der Waals surface area contributed by atoms with E-state index in [0.29, 0.717) is 0 Å². The fraction of sp³-hybridized carbons (Fsp3) is 0.562. The van der Waals surface area contributed by atoms with Crippen LogP contribution in [0.1, 0.15) is 46.2 Å². The number of nitrogens with one attached hydrogen (secondary N) is 1. The minimum Gasteiger partial charge on any atom is -0.491 e. The van der Waals surface area contributed by atoms with E-state index in [9.17, 15) is 4.79 Å². The third-order valence-electron chi connectivity index (χ3n) is 3.13. The summed E-state index contributed by atoms with van der Waals surface area (Å²) in [5.74, 6) is 0.847. The third kappa shape index (κ3) is 6.36. The average molecular weight is 315 g/mol. The van der Waals surface area contributed by atoms with Gasteiger partial charge in [0, 0.05) is 0 Å². The highest BCUT2D eigenvalue weighted by Crippen LogP contribution is 2.18. The average Bonchev–Trinajstić information content (AvgIpc) is 2.37. The summed E-state index contributed by atoms with van der Waals surface area (Å²) < 4.78 is 5.59. The zero-order chi connectivity index (χ0) is 15.3. The van der Waals surface area contributed by atoms with Gasteiger partial charge >= 0.3 is 0 Å². The SMILES string of the molecule is CC(C)Oc1ccc(C(C)NC(=O)[C@H](N)C(C)C)cc1.Cl. The quantitative estimate of drug-likeness (QED) is 0.848. The lowest BCUT2D eigenvalue weighted by Crippen LogP contribution is -2.44. The topological polar surface area (TPSA) is 64.3 Å². The second-order valence-electron chi connectivity index (χ2n) is 5.74. The molecule has 1 aromatic carbocycles. The van der Waals surface area contributed by atoms with Crippen LogP contribution >= 0.6 is 12.4 Å². The molecule has 0 aromatic heterocycles. The highest BCUT2D eigenvalue weighted by molar-refractivity contribution is 5.85. The summed E-state index contributed by atoms with van der Waals surface area (Å²) in [7, 11) is 0. The number of hydrogen-bond acceptors (Lipinski definition) is 3. The molecule has 4 nitrogen and oxygen atoms in total. The fourth-order valence-electron chi connectivity index (χ4n) is 1.80. The molecule has 3 N–H and O–H groups in total. The van der Waals surface area contributed by atoms with Gasteiger partial charge in [-0.15, -0.1) is 12.4 Å². The summed E-state index contributed by atoms with van der Waals surface area (Å²) in [5.41, 5.74) is 6.87. The smallest absolute Gasteiger partial charge is 0.237 e. The van der Waals surface area contributed by atoms with Gasteiger partial charge < -0.3 is 15.8 Å². The van der Waals surface area contributed by atoms with E-state index in [0.717, 1.165) is 11.3 Å². The molecule has 0 fully saturated rings. The molecular weight excluding hydrogens is 288 g/mol. The van der Waals surface area contributed by atoms with Crippen LogP contribution in [-0.4, -0.2) is 18.1 Å². The molecule has 1 aromatic rings. The number of carbonyl (C=O) groups is 1. The van der Waals surface area contributed by atoms with Crippen molar-refractivity contribution in [2.75, 3.05) is 0 Å². The van der Waals surface area contributed by atoms with Gasteiger partial charge in [-0.3, -0.25) is 4.79 Å². The molecule has 0 saturated carbocycles. The van der Waals surface area contributed by atoms with Crippen molar-refractivity contribution in [3.05, 3.63) is 29.8 Å². The number of carbonyl (C=O) groups excluding carboxylic acids is 1. The van der Waals surface area contributed by atoms with Gasteiger partial charge in [-0.1, -0.05) is 26.0 Å². The van der Waals surface area contributed by atoms with Crippen molar-refractivity contribution >= 4 is 18.3 Å². The minimum atomic E-state index is -0.471. The van der Waals surface area contributed by atoms with Crippen LogP contribution in [0.5, 0.6) is 5.75 Å². The third-order valence-corrected chi connectivity index (χ3v) is 3.13. The van der Waals surface area contributed by atoms with Crippen molar-refractivity contribution in [3.63, 3.8) is 0 Å². The number of nitrogens with two attached hydrogens (primary N) is 1. The molecule has 21 heavy (non-hydrogen) atoms. The Kier molecular flexibility index (Phi) is 8.37. The first kappa shape index (κ1) is 19.7. The van der Waals surface area contributed by atoms with E-state index >= 15 is 0 Å². The van der Waals surface area contributed by atoms with E-state index in [-0.39, 0.29) is 36.4 Å². The summed E-state index contributed by atoms with van der Waals surface area (Å²) in [5, 5.41) is 2.93. The molecule has 0 saturated heterocycles. The van der Waals surface area contributed by atoms with E-state index in [1.54, 1.807) is 0 Å². The number of rotatable bonds is 6. The molecule has 2 atom stereocenters. The van der Waals surface area contributed by atoms with Crippen molar-refractivity contribution in [3.8, 4) is 5.75 Å². The van der Waals surface area contributed by atoms with Crippen molar-refractivity contribution < 1.29 is 9.53 Å². The largest absolute Gasteiger partial charge is 0.491 e. The monoisotopic (exact) mass is 314 g/mol. The minimum absolute atomic E-state index is 0. The number of amides is 1. The van der Waals surface area contributed by atoms with Crippen molar-refractivity contribution in [1.29, 1.82) is 0 Å². The van der Waals surface area contributed by atoms with Gasteiger partial charge in [0.15, 0.2) is 0 Å². The predicted molar refractivity (Wildman–Crippen MR) is 88.8 cm³/mol. The molecule has 0 aliphatic carbocycles. The summed E-state index contributed by atoms with van der Waals surface area (Å²) in [6, 6.07) is 7.22. The Labute approximate surface area is 133 Å².